The van der Waals surface area contributed by atoms with Crippen molar-refractivity contribution < 1.29 is 9.53 Å². The van der Waals surface area contributed by atoms with E-state index in [9.17, 15) is 4.79 Å². The monoisotopic (exact) mass is 268 g/mol. The molecule has 1 fully saturated rings. The quantitative estimate of drug-likeness (QED) is 0.778. The predicted molar refractivity (Wildman–Crippen MR) is 75.7 cm³/mol. The fourth-order valence-corrected chi connectivity index (χ4v) is 3.09. The van der Waals surface area contributed by atoms with Gasteiger partial charge >= 0.3 is 0 Å². The first-order valence-electron chi connectivity index (χ1n) is 6.24. The summed E-state index contributed by atoms with van der Waals surface area (Å²) in [6.45, 7) is 4.67. The first-order valence-corrected chi connectivity index (χ1v) is 7.05. The molecule has 1 saturated carbocycles. The summed E-state index contributed by atoms with van der Waals surface area (Å²) in [6.07, 6.45) is 3.74. The van der Waals surface area contributed by atoms with Crippen LogP contribution in [-0.2, 0) is 0 Å². The third-order valence-electron chi connectivity index (χ3n) is 3.75. The van der Waals surface area contributed by atoms with Crippen molar-refractivity contribution in [2.45, 2.75) is 33.1 Å². The Morgan fingerprint density at radius 3 is 2.67 bits per heavy atom. The third kappa shape index (κ3) is 2.32. The van der Waals surface area contributed by atoms with Crippen molar-refractivity contribution in [3.05, 3.63) is 4.88 Å². The van der Waals surface area contributed by atoms with Gasteiger partial charge < -0.3 is 15.8 Å². The Morgan fingerprint density at radius 1 is 1.56 bits per heavy atom. The van der Waals surface area contributed by atoms with Crippen molar-refractivity contribution in [1.29, 1.82) is 0 Å². The molecule has 1 aromatic heterocycles. The Labute approximate surface area is 112 Å². The first kappa shape index (κ1) is 13.2. The number of carbonyl (C=O) groups is 1. The molecule has 0 aromatic carbocycles. The van der Waals surface area contributed by atoms with Crippen LogP contribution >= 0.6 is 11.3 Å². The molecule has 3 N–H and O–H groups in total. The summed E-state index contributed by atoms with van der Waals surface area (Å²) < 4.78 is 5.30. The van der Waals surface area contributed by atoms with Crippen LogP contribution in [0.5, 0.6) is 5.75 Å². The molecule has 4 nitrogen and oxygen atoms in total. The molecule has 18 heavy (non-hydrogen) atoms. The number of nitrogen functional groups attached to an aromatic ring is 1. The zero-order valence-corrected chi connectivity index (χ0v) is 11.9. The minimum atomic E-state index is -0.0134. The number of thiophene rings is 1. The second kappa shape index (κ2) is 4.80. The summed E-state index contributed by atoms with van der Waals surface area (Å²) in [6, 6.07) is 0. The van der Waals surface area contributed by atoms with Crippen LogP contribution in [0.2, 0.25) is 0 Å². The maximum Gasteiger partial charge on any atom is 0.176 e. The third-order valence-corrected chi connectivity index (χ3v) is 5.00. The lowest BCUT2D eigenvalue weighted by Gasteiger charge is -2.14. The Balaban J connectivity index is 2.16. The molecule has 2 rings (SSSR count). The van der Waals surface area contributed by atoms with Gasteiger partial charge in [0.25, 0.3) is 0 Å². The van der Waals surface area contributed by atoms with Crippen LogP contribution in [0.25, 0.3) is 0 Å². The molecule has 0 aliphatic heterocycles. The molecular formula is C13H20N2O2S. The minimum absolute atomic E-state index is 0.0134. The average Bonchev–Trinajstić information content (AvgIpc) is 3.05. The molecular weight excluding hydrogens is 248 g/mol. The van der Waals surface area contributed by atoms with Crippen molar-refractivity contribution >= 4 is 27.8 Å². The lowest BCUT2D eigenvalue weighted by molar-refractivity contribution is 0.102. The number of nitrogens with two attached hydrogens (primary N) is 1. The Kier molecular flexibility index (Phi) is 3.52. The number of ketones is 1. The van der Waals surface area contributed by atoms with E-state index in [0.29, 0.717) is 21.7 Å². The molecule has 0 amide bonds. The van der Waals surface area contributed by atoms with Crippen molar-refractivity contribution in [3.63, 3.8) is 0 Å². The highest BCUT2D eigenvalue weighted by atomic mass is 32.1. The average molecular weight is 268 g/mol. The van der Waals surface area contributed by atoms with E-state index >= 15 is 0 Å². The molecule has 0 atom stereocenters. The normalized spacial score (nSPS) is 16.4. The zero-order chi connectivity index (χ0) is 13.3. The standard InChI is InChI=1S/C13H20N2O2S/c1-4-13(5-6-13)7-15-12-10(17-3)9(14)11(18-12)8(2)16/h15H,4-7,14H2,1-3H3. The van der Waals surface area contributed by atoms with Gasteiger partial charge in [-0.25, -0.2) is 0 Å². The number of ether oxygens (including phenoxy) is 1. The lowest BCUT2D eigenvalue weighted by atomic mass is 10.0. The molecule has 1 aromatic rings. The molecule has 0 unspecified atom stereocenters. The van der Waals surface area contributed by atoms with Gasteiger partial charge in [0.2, 0.25) is 0 Å². The van der Waals surface area contributed by atoms with Crippen LogP contribution in [0.1, 0.15) is 42.8 Å². The fourth-order valence-electron chi connectivity index (χ4n) is 2.11. The lowest BCUT2D eigenvalue weighted by Crippen LogP contribution is -2.14. The number of nitrogens with one attached hydrogen (secondary N) is 1. The highest BCUT2D eigenvalue weighted by Gasteiger charge is 2.40. The number of Topliss-reactive ketones (excluding diaryl/α,β-unsaturated/α-hetero) is 1. The summed E-state index contributed by atoms with van der Waals surface area (Å²) in [5, 5.41) is 4.27. The van der Waals surface area contributed by atoms with Crippen LogP contribution in [0.15, 0.2) is 0 Å². The van der Waals surface area contributed by atoms with Crippen LogP contribution in [0.3, 0.4) is 0 Å². The molecule has 1 aliphatic carbocycles. The molecule has 0 bridgehead atoms. The van der Waals surface area contributed by atoms with Gasteiger partial charge in [0.1, 0.15) is 5.00 Å². The maximum atomic E-state index is 11.5. The van der Waals surface area contributed by atoms with Gasteiger partial charge in [-0.2, -0.15) is 0 Å². The Bertz CT molecular complexity index is 464. The highest BCUT2D eigenvalue weighted by Crippen LogP contribution is 2.50. The minimum Gasteiger partial charge on any atom is -0.492 e. The smallest absolute Gasteiger partial charge is 0.176 e. The molecule has 1 heterocycles. The maximum absolute atomic E-state index is 11.5. The zero-order valence-electron chi connectivity index (χ0n) is 11.1. The second-order valence-corrected chi connectivity index (χ2v) is 5.99. The summed E-state index contributed by atoms with van der Waals surface area (Å²) in [7, 11) is 1.58. The number of anilines is 2. The van der Waals surface area contributed by atoms with Gasteiger partial charge in [0.05, 0.1) is 17.7 Å². The van der Waals surface area contributed by atoms with Crippen LogP contribution in [0, 0.1) is 5.41 Å². The SMILES string of the molecule is CCC1(CNc2sc(C(C)=O)c(N)c2OC)CC1. The summed E-state index contributed by atoms with van der Waals surface area (Å²) in [5.74, 6) is 0.595. The van der Waals surface area contributed by atoms with Crippen LogP contribution < -0.4 is 15.8 Å². The number of hydrogen-bond donors (Lipinski definition) is 2. The van der Waals surface area contributed by atoms with Crippen molar-refractivity contribution in [2.75, 3.05) is 24.7 Å². The van der Waals surface area contributed by atoms with Crippen LogP contribution in [0.4, 0.5) is 10.7 Å². The van der Waals surface area contributed by atoms with Gasteiger partial charge in [-0.3, -0.25) is 4.79 Å². The summed E-state index contributed by atoms with van der Waals surface area (Å²) >= 11 is 1.39. The second-order valence-electron chi connectivity index (χ2n) is 4.97. The van der Waals surface area contributed by atoms with E-state index in [1.165, 1.54) is 37.5 Å². The molecule has 5 heteroatoms. The number of methoxy groups -OCH3 is 1. The van der Waals surface area contributed by atoms with E-state index in [-0.39, 0.29) is 5.78 Å². The molecule has 1 aliphatic rings. The van der Waals surface area contributed by atoms with Crippen molar-refractivity contribution in [3.8, 4) is 5.75 Å². The molecule has 100 valence electrons. The van der Waals surface area contributed by atoms with Gasteiger partial charge in [0.15, 0.2) is 11.5 Å². The van der Waals surface area contributed by atoms with Gasteiger partial charge in [-0.15, -0.1) is 11.3 Å². The van der Waals surface area contributed by atoms with E-state index in [1.54, 1.807) is 7.11 Å². The largest absolute Gasteiger partial charge is 0.492 e. The van der Waals surface area contributed by atoms with E-state index in [4.69, 9.17) is 10.5 Å². The molecule has 0 radical (unpaired) electrons. The van der Waals surface area contributed by atoms with Gasteiger partial charge in [-0.05, 0) is 24.7 Å². The topological polar surface area (TPSA) is 64.4 Å². The van der Waals surface area contributed by atoms with Gasteiger partial charge in [0, 0.05) is 13.5 Å². The number of carbonyl (C=O) groups excluding carboxylic acids is 1. The van der Waals surface area contributed by atoms with E-state index < -0.39 is 0 Å². The van der Waals surface area contributed by atoms with Gasteiger partial charge in [-0.1, -0.05) is 6.92 Å². The number of rotatable bonds is 6. The summed E-state index contributed by atoms with van der Waals surface area (Å²) in [5.41, 5.74) is 6.83. The highest BCUT2D eigenvalue weighted by molar-refractivity contribution is 7.19. The van der Waals surface area contributed by atoms with Crippen LogP contribution in [-0.4, -0.2) is 19.4 Å². The first-order chi connectivity index (χ1) is 8.53. The van der Waals surface area contributed by atoms with Crippen molar-refractivity contribution in [2.24, 2.45) is 5.41 Å². The van der Waals surface area contributed by atoms with Crippen molar-refractivity contribution in [1.82, 2.24) is 0 Å². The van der Waals surface area contributed by atoms with E-state index in [2.05, 4.69) is 12.2 Å². The molecule has 0 saturated heterocycles. The Morgan fingerprint density at radius 2 is 2.22 bits per heavy atom. The predicted octanol–water partition coefficient (Wildman–Crippen LogP) is 3.14. The van der Waals surface area contributed by atoms with E-state index in [1.807, 2.05) is 0 Å². The number of hydrogen-bond acceptors (Lipinski definition) is 5. The molecule has 0 spiro atoms. The summed E-state index contributed by atoms with van der Waals surface area (Å²) in [4.78, 5) is 12.0. The fraction of sp³-hybridized carbons (Fsp3) is 0.615. The Hall–Kier alpha value is -1.23. The van der Waals surface area contributed by atoms with E-state index in [0.717, 1.165) is 11.5 Å².